The molecule has 0 aliphatic rings. The Hall–Kier alpha value is -2.49. The van der Waals surface area contributed by atoms with Crippen LogP contribution < -0.4 is 10.1 Å². The molecular formula is C17H19N3O. The maximum Gasteiger partial charge on any atom is 0.120 e. The lowest BCUT2D eigenvalue weighted by Crippen LogP contribution is -2.02. The van der Waals surface area contributed by atoms with Crippen molar-refractivity contribution in [3.8, 4) is 5.75 Å². The first-order valence-electron chi connectivity index (χ1n) is 7.14. The first kappa shape index (κ1) is 13.5. The molecule has 0 aliphatic carbocycles. The Balaban J connectivity index is 1.85. The number of para-hydroxylation sites is 1. The molecule has 0 aliphatic heterocycles. The zero-order chi connectivity index (χ0) is 14.7. The number of ether oxygens (including phenoxy) is 1. The number of hydrogen-bond acceptors (Lipinski definition) is 3. The summed E-state index contributed by atoms with van der Waals surface area (Å²) >= 11 is 0. The normalized spacial score (nSPS) is 10.8. The maximum atomic E-state index is 5.24. The van der Waals surface area contributed by atoms with E-state index in [1.807, 2.05) is 28.9 Å². The van der Waals surface area contributed by atoms with Crippen LogP contribution in [0.3, 0.4) is 0 Å². The molecule has 0 saturated heterocycles. The van der Waals surface area contributed by atoms with E-state index in [0.717, 1.165) is 23.7 Å². The van der Waals surface area contributed by atoms with Crippen LogP contribution in [0.15, 0.2) is 48.5 Å². The molecular weight excluding hydrogens is 262 g/mol. The molecule has 1 heterocycles. The van der Waals surface area contributed by atoms with Gasteiger partial charge in [0.2, 0.25) is 0 Å². The second-order valence-corrected chi connectivity index (χ2v) is 4.87. The molecule has 21 heavy (non-hydrogen) atoms. The van der Waals surface area contributed by atoms with Crippen LogP contribution in [0.4, 0.5) is 5.69 Å². The fraction of sp³-hybridized carbons (Fsp3) is 0.235. The lowest BCUT2D eigenvalue weighted by molar-refractivity contribution is 0.415. The van der Waals surface area contributed by atoms with Crippen molar-refractivity contribution in [3.63, 3.8) is 0 Å². The van der Waals surface area contributed by atoms with E-state index in [0.29, 0.717) is 6.54 Å². The number of nitrogens with one attached hydrogen (secondary N) is 1. The number of nitrogens with zero attached hydrogens (tertiary/aromatic N) is 2. The van der Waals surface area contributed by atoms with Crippen LogP contribution in [0.2, 0.25) is 0 Å². The molecule has 0 atom stereocenters. The molecule has 0 radical (unpaired) electrons. The highest BCUT2D eigenvalue weighted by Gasteiger charge is 2.08. The number of aryl methyl sites for hydroxylation is 1. The molecule has 1 N–H and O–H groups in total. The quantitative estimate of drug-likeness (QED) is 0.775. The van der Waals surface area contributed by atoms with Crippen LogP contribution in [0, 0.1) is 0 Å². The standard InChI is InChI=1S/C17H19N3O/c1-3-20-17-10-5-4-9-15(17)16(19-20)12-18-13-7-6-8-14(11-13)21-2/h4-11,18H,3,12H2,1-2H3. The van der Waals surface area contributed by atoms with E-state index >= 15 is 0 Å². The smallest absolute Gasteiger partial charge is 0.120 e. The molecule has 0 unspecified atom stereocenters. The molecule has 2 aromatic carbocycles. The first-order chi connectivity index (χ1) is 10.3. The summed E-state index contributed by atoms with van der Waals surface area (Å²) in [7, 11) is 1.68. The van der Waals surface area contributed by atoms with E-state index in [2.05, 4.69) is 41.6 Å². The third kappa shape index (κ3) is 2.70. The van der Waals surface area contributed by atoms with Crippen molar-refractivity contribution >= 4 is 16.6 Å². The minimum atomic E-state index is 0.695. The van der Waals surface area contributed by atoms with E-state index in [1.54, 1.807) is 7.11 Å². The Kier molecular flexibility index (Phi) is 3.77. The number of rotatable bonds is 5. The Morgan fingerprint density at radius 3 is 2.81 bits per heavy atom. The van der Waals surface area contributed by atoms with Gasteiger partial charge in [-0.1, -0.05) is 24.3 Å². The summed E-state index contributed by atoms with van der Waals surface area (Å²) in [5.74, 6) is 0.851. The maximum absolute atomic E-state index is 5.24. The van der Waals surface area contributed by atoms with Crippen LogP contribution in [-0.2, 0) is 13.1 Å². The van der Waals surface area contributed by atoms with Crippen LogP contribution in [0.5, 0.6) is 5.75 Å². The predicted molar refractivity (Wildman–Crippen MR) is 85.7 cm³/mol. The van der Waals surface area contributed by atoms with Crippen LogP contribution in [-0.4, -0.2) is 16.9 Å². The van der Waals surface area contributed by atoms with Crippen LogP contribution in [0.1, 0.15) is 12.6 Å². The number of hydrogen-bond donors (Lipinski definition) is 1. The second kappa shape index (κ2) is 5.87. The number of benzene rings is 2. The van der Waals surface area contributed by atoms with Crippen molar-refractivity contribution in [1.29, 1.82) is 0 Å². The van der Waals surface area contributed by atoms with Gasteiger partial charge in [0.25, 0.3) is 0 Å². The van der Waals surface area contributed by atoms with Gasteiger partial charge in [-0.3, -0.25) is 4.68 Å². The lowest BCUT2D eigenvalue weighted by atomic mass is 10.2. The Morgan fingerprint density at radius 2 is 2.00 bits per heavy atom. The van der Waals surface area contributed by atoms with Gasteiger partial charge in [0.05, 0.1) is 24.9 Å². The van der Waals surface area contributed by atoms with Gasteiger partial charge in [-0.2, -0.15) is 5.10 Å². The fourth-order valence-corrected chi connectivity index (χ4v) is 2.49. The lowest BCUT2D eigenvalue weighted by Gasteiger charge is -2.06. The van der Waals surface area contributed by atoms with E-state index < -0.39 is 0 Å². The third-order valence-electron chi connectivity index (χ3n) is 3.56. The highest BCUT2D eigenvalue weighted by Crippen LogP contribution is 2.21. The van der Waals surface area contributed by atoms with E-state index in [1.165, 1.54) is 10.9 Å². The summed E-state index contributed by atoms with van der Waals surface area (Å²) in [5, 5.41) is 9.30. The summed E-state index contributed by atoms with van der Waals surface area (Å²) in [6.07, 6.45) is 0. The zero-order valence-corrected chi connectivity index (χ0v) is 12.3. The monoisotopic (exact) mass is 281 g/mol. The molecule has 0 fully saturated rings. The summed E-state index contributed by atoms with van der Waals surface area (Å²) < 4.78 is 7.28. The van der Waals surface area contributed by atoms with Crippen LogP contribution >= 0.6 is 0 Å². The topological polar surface area (TPSA) is 39.1 Å². The molecule has 0 spiro atoms. The highest BCUT2D eigenvalue weighted by molar-refractivity contribution is 5.82. The molecule has 3 rings (SSSR count). The zero-order valence-electron chi connectivity index (χ0n) is 12.3. The molecule has 0 bridgehead atoms. The van der Waals surface area contributed by atoms with Gasteiger partial charge in [0.1, 0.15) is 5.75 Å². The second-order valence-electron chi connectivity index (χ2n) is 4.87. The van der Waals surface area contributed by atoms with Crippen molar-refractivity contribution in [3.05, 3.63) is 54.2 Å². The molecule has 4 nitrogen and oxygen atoms in total. The number of anilines is 1. The molecule has 3 aromatic rings. The third-order valence-corrected chi connectivity index (χ3v) is 3.56. The summed E-state index contributed by atoms with van der Waals surface area (Å²) in [5.41, 5.74) is 3.28. The fourth-order valence-electron chi connectivity index (χ4n) is 2.49. The van der Waals surface area contributed by atoms with Gasteiger partial charge >= 0.3 is 0 Å². The molecule has 0 saturated carbocycles. The Bertz CT molecular complexity index is 749. The van der Waals surface area contributed by atoms with Gasteiger partial charge in [0, 0.05) is 23.7 Å². The van der Waals surface area contributed by atoms with Crippen molar-refractivity contribution in [1.82, 2.24) is 9.78 Å². The number of fused-ring (bicyclic) bond motifs is 1. The van der Waals surface area contributed by atoms with Gasteiger partial charge < -0.3 is 10.1 Å². The number of methoxy groups -OCH3 is 1. The molecule has 108 valence electrons. The summed E-state index contributed by atoms with van der Waals surface area (Å²) in [6, 6.07) is 16.3. The Labute approximate surface area is 124 Å². The average Bonchev–Trinajstić information content (AvgIpc) is 2.91. The molecule has 0 amide bonds. The average molecular weight is 281 g/mol. The Morgan fingerprint density at radius 1 is 1.14 bits per heavy atom. The van der Waals surface area contributed by atoms with Crippen molar-refractivity contribution in [2.75, 3.05) is 12.4 Å². The predicted octanol–water partition coefficient (Wildman–Crippen LogP) is 3.68. The SMILES string of the molecule is CCn1nc(CNc2cccc(OC)c2)c2ccccc21. The minimum absolute atomic E-state index is 0.695. The summed E-state index contributed by atoms with van der Waals surface area (Å²) in [6.45, 7) is 3.68. The van der Waals surface area contributed by atoms with Crippen molar-refractivity contribution < 1.29 is 4.74 Å². The van der Waals surface area contributed by atoms with Crippen LogP contribution in [0.25, 0.3) is 10.9 Å². The largest absolute Gasteiger partial charge is 0.497 e. The molecule has 1 aromatic heterocycles. The first-order valence-corrected chi connectivity index (χ1v) is 7.14. The highest BCUT2D eigenvalue weighted by atomic mass is 16.5. The number of aromatic nitrogens is 2. The van der Waals surface area contributed by atoms with Gasteiger partial charge in [0.15, 0.2) is 0 Å². The van der Waals surface area contributed by atoms with E-state index in [4.69, 9.17) is 4.74 Å². The van der Waals surface area contributed by atoms with Gasteiger partial charge in [-0.25, -0.2) is 0 Å². The van der Waals surface area contributed by atoms with Crippen molar-refractivity contribution in [2.45, 2.75) is 20.0 Å². The minimum Gasteiger partial charge on any atom is -0.497 e. The van der Waals surface area contributed by atoms with Gasteiger partial charge in [-0.15, -0.1) is 0 Å². The molecule has 4 heteroatoms. The van der Waals surface area contributed by atoms with Crippen molar-refractivity contribution in [2.24, 2.45) is 0 Å². The van der Waals surface area contributed by atoms with E-state index in [-0.39, 0.29) is 0 Å². The van der Waals surface area contributed by atoms with E-state index in [9.17, 15) is 0 Å². The summed E-state index contributed by atoms with van der Waals surface area (Å²) in [4.78, 5) is 0. The van der Waals surface area contributed by atoms with Gasteiger partial charge in [-0.05, 0) is 25.1 Å².